The molecule has 0 unspecified atom stereocenters. The number of aliphatic imine (C=N–C) groups is 3. The second-order valence-electron chi connectivity index (χ2n) is 11.4. The van der Waals surface area contributed by atoms with Crippen molar-refractivity contribution >= 4 is 62.1 Å². The van der Waals surface area contributed by atoms with Crippen LogP contribution in [0.2, 0.25) is 0 Å². The number of aryl methyl sites for hydroxylation is 1. The van der Waals surface area contributed by atoms with Gasteiger partial charge in [-0.05, 0) is 43.5 Å². The van der Waals surface area contributed by atoms with Crippen molar-refractivity contribution in [1.29, 1.82) is 0 Å². The van der Waals surface area contributed by atoms with Crippen molar-refractivity contribution < 1.29 is 4.42 Å². The Morgan fingerprint density at radius 2 is 1.33 bits per heavy atom. The van der Waals surface area contributed by atoms with Gasteiger partial charge in [-0.3, -0.25) is 0 Å². The zero-order valence-electron chi connectivity index (χ0n) is 25.4. The van der Waals surface area contributed by atoms with Crippen LogP contribution in [0.15, 0.2) is 159 Å². The lowest BCUT2D eigenvalue weighted by atomic mass is 10.0. The van der Waals surface area contributed by atoms with Gasteiger partial charge in [0.1, 0.15) is 17.8 Å². The predicted octanol–water partition coefficient (Wildman–Crippen LogP) is 10.2. The lowest BCUT2D eigenvalue weighted by Gasteiger charge is -2.09. The lowest BCUT2D eigenvalue weighted by molar-refractivity contribution is 0.670. The van der Waals surface area contributed by atoms with Crippen molar-refractivity contribution in [3.8, 4) is 11.1 Å². The minimum absolute atomic E-state index is 0.383. The predicted molar refractivity (Wildman–Crippen MR) is 192 cm³/mol. The highest BCUT2D eigenvalue weighted by Gasteiger charge is 2.16. The molecule has 0 aliphatic heterocycles. The van der Waals surface area contributed by atoms with Crippen molar-refractivity contribution in [3.05, 3.63) is 156 Å². The molecule has 0 radical (unpaired) electrons. The normalized spacial score (nSPS) is 12.5. The van der Waals surface area contributed by atoms with Crippen LogP contribution in [-0.4, -0.2) is 23.0 Å². The summed E-state index contributed by atoms with van der Waals surface area (Å²) < 4.78 is 8.64. The standard InChI is InChI=1S/C41H30N4O/c1-27-19-21-29(22-20-27)41(44-40(42-2)28-11-4-3-5-12-28)43-26-45-36-17-8-6-13-32(36)35-25-30(23-24-37(35)45)31-15-10-16-34-33-14-7-9-18-38(33)46-39(31)34/h3-25H,2,26H2,1H3/b43-41-,44-40-. The minimum atomic E-state index is 0.383. The van der Waals surface area contributed by atoms with Crippen molar-refractivity contribution in [3.63, 3.8) is 0 Å². The molecule has 0 N–H and O–H groups in total. The summed E-state index contributed by atoms with van der Waals surface area (Å²) in [6, 6.07) is 47.9. The first-order valence-electron chi connectivity index (χ1n) is 15.3. The fourth-order valence-electron chi connectivity index (χ4n) is 6.26. The molecule has 0 spiro atoms. The number of nitrogens with zero attached hydrogens (tertiary/aromatic N) is 4. The van der Waals surface area contributed by atoms with Crippen molar-refractivity contribution in [2.24, 2.45) is 15.0 Å². The van der Waals surface area contributed by atoms with Crippen molar-refractivity contribution in [2.75, 3.05) is 0 Å². The summed E-state index contributed by atoms with van der Waals surface area (Å²) in [7, 11) is 0. The molecule has 0 aliphatic rings. The van der Waals surface area contributed by atoms with Crippen molar-refractivity contribution in [1.82, 2.24) is 4.57 Å². The molecule has 0 fully saturated rings. The van der Waals surface area contributed by atoms with E-state index in [-0.39, 0.29) is 0 Å². The summed E-state index contributed by atoms with van der Waals surface area (Å²) in [6.07, 6.45) is 0. The lowest BCUT2D eigenvalue weighted by Crippen LogP contribution is -2.07. The van der Waals surface area contributed by atoms with E-state index in [9.17, 15) is 0 Å². The van der Waals surface area contributed by atoms with Gasteiger partial charge in [0.05, 0.1) is 11.0 Å². The van der Waals surface area contributed by atoms with Gasteiger partial charge in [0, 0.05) is 38.2 Å². The molecule has 5 nitrogen and oxygen atoms in total. The maximum atomic E-state index is 6.38. The van der Waals surface area contributed by atoms with E-state index >= 15 is 0 Å². The van der Waals surface area contributed by atoms with Gasteiger partial charge in [-0.25, -0.2) is 15.0 Å². The van der Waals surface area contributed by atoms with E-state index in [0.29, 0.717) is 18.3 Å². The highest BCUT2D eigenvalue weighted by Crippen LogP contribution is 2.38. The Balaban J connectivity index is 1.27. The average molecular weight is 595 g/mol. The number of fused-ring (bicyclic) bond motifs is 6. The van der Waals surface area contributed by atoms with Crippen LogP contribution in [0.1, 0.15) is 16.7 Å². The molecule has 2 heterocycles. The summed E-state index contributed by atoms with van der Waals surface area (Å²) in [6.45, 7) is 6.27. The Labute approximate surface area is 266 Å². The smallest absolute Gasteiger partial charge is 0.161 e. The van der Waals surface area contributed by atoms with Gasteiger partial charge in [-0.1, -0.05) is 121 Å². The SMILES string of the molecule is C=N/C(=N\C(=N/Cn1c2ccccc2c2cc(-c3cccc4c3oc3ccccc34)ccc21)c1ccc(C)cc1)c1ccccc1. The maximum Gasteiger partial charge on any atom is 0.161 e. The summed E-state index contributed by atoms with van der Waals surface area (Å²) in [4.78, 5) is 14.3. The Bertz CT molecular complexity index is 2460. The second kappa shape index (κ2) is 11.5. The van der Waals surface area contributed by atoms with Crippen LogP contribution in [0.3, 0.4) is 0 Å². The number of para-hydroxylation sites is 3. The molecule has 5 heteroatoms. The van der Waals surface area contributed by atoms with E-state index in [4.69, 9.17) is 14.4 Å². The molecule has 46 heavy (non-hydrogen) atoms. The molecule has 8 rings (SSSR count). The van der Waals surface area contributed by atoms with Crippen LogP contribution in [-0.2, 0) is 6.67 Å². The third-order valence-electron chi connectivity index (χ3n) is 8.55. The number of aromatic nitrogens is 1. The molecular formula is C41H30N4O. The summed E-state index contributed by atoms with van der Waals surface area (Å²) in [5, 5.41) is 4.58. The number of hydrogen-bond acceptors (Lipinski definition) is 2. The maximum absolute atomic E-state index is 6.38. The van der Waals surface area contributed by atoms with Crippen molar-refractivity contribution in [2.45, 2.75) is 13.6 Å². The van der Waals surface area contributed by atoms with Gasteiger partial charge in [0.25, 0.3) is 0 Å². The second-order valence-corrected chi connectivity index (χ2v) is 11.4. The Morgan fingerprint density at radius 3 is 2.15 bits per heavy atom. The molecule has 0 saturated carbocycles. The van der Waals surface area contributed by atoms with Gasteiger partial charge in [0.15, 0.2) is 11.7 Å². The fraction of sp³-hybridized carbons (Fsp3) is 0.0488. The highest BCUT2D eigenvalue weighted by atomic mass is 16.3. The molecular weight excluding hydrogens is 564 g/mol. The first-order valence-corrected chi connectivity index (χ1v) is 15.3. The zero-order valence-corrected chi connectivity index (χ0v) is 25.4. The molecule has 0 saturated heterocycles. The topological polar surface area (TPSA) is 55.1 Å². The number of amidine groups is 2. The van der Waals surface area contributed by atoms with Crippen LogP contribution < -0.4 is 0 Å². The zero-order chi connectivity index (χ0) is 31.0. The molecule has 0 bridgehead atoms. The third-order valence-corrected chi connectivity index (χ3v) is 8.55. The number of benzene rings is 6. The average Bonchev–Trinajstić information content (AvgIpc) is 3.65. The van der Waals surface area contributed by atoms with Crippen LogP contribution in [0.4, 0.5) is 0 Å². The van der Waals surface area contributed by atoms with E-state index in [0.717, 1.165) is 60.6 Å². The Hall–Kier alpha value is -6.07. The van der Waals surface area contributed by atoms with Crippen LogP contribution in [0.25, 0.3) is 54.9 Å². The van der Waals surface area contributed by atoms with Gasteiger partial charge in [-0.2, -0.15) is 0 Å². The first-order chi connectivity index (χ1) is 22.7. The molecule has 0 atom stereocenters. The Kier molecular flexibility index (Phi) is 6.84. The van der Waals surface area contributed by atoms with Gasteiger partial charge >= 0.3 is 0 Å². The summed E-state index contributed by atoms with van der Waals surface area (Å²) in [5.41, 5.74) is 9.18. The summed E-state index contributed by atoms with van der Waals surface area (Å²) >= 11 is 0. The number of rotatable bonds is 5. The van der Waals surface area contributed by atoms with E-state index in [1.807, 2.05) is 42.5 Å². The molecule has 0 aliphatic carbocycles. The molecule has 0 amide bonds. The van der Waals surface area contributed by atoms with E-state index in [1.54, 1.807) is 0 Å². The summed E-state index contributed by atoms with van der Waals surface area (Å²) in [5.74, 6) is 1.14. The fourth-order valence-corrected chi connectivity index (χ4v) is 6.26. The molecule has 6 aromatic carbocycles. The monoisotopic (exact) mass is 594 g/mol. The third kappa shape index (κ3) is 4.79. The molecule has 220 valence electrons. The molecule has 8 aromatic rings. The minimum Gasteiger partial charge on any atom is -0.455 e. The van der Waals surface area contributed by atoms with Crippen LogP contribution in [0.5, 0.6) is 0 Å². The Morgan fingerprint density at radius 1 is 0.630 bits per heavy atom. The van der Waals surface area contributed by atoms with Gasteiger partial charge in [-0.15, -0.1) is 0 Å². The number of furan rings is 1. The largest absolute Gasteiger partial charge is 0.455 e. The first kappa shape index (κ1) is 27.5. The van der Waals surface area contributed by atoms with Crippen LogP contribution in [0, 0.1) is 6.92 Å². The van der Waals surface area contributed by atoms with Gasteiger partial charge < -0.3 is 8.98 Å². The van der Waals surface area contributed by atoms with E-state index in [1.165, 1.54) is 10.9 Å². The quantitative estimate of drug-likeness (QED) is 0.144. The van der Waals surface area contributed by atoms with E-state index < -0.39 is 0 Å². The highest BCUT2D eigenvalue weighted by molar-refractivity contribution is 6.14. The number of hydrogen-bond donors (Lipinski definition) is 0. The van der Waals surface area contributed by atoms with Crippen LogP contribution >= 0.6 is 0 Å². The van der Waals surface area contributed by atoms with E-state index in [2.05, 4.69) is 120 Å². The van der Waals surface area contributed by atoms with Gasteiger partial charge in [0.2, 0.25) is 0 Å². The molecule has 2 aromatic heterocycles.